The largest absolute Gasteiger partial charge is 3.00 e. The first-order chi connectivity index (χ1) is 0. The molecule has 0 unspecified atom stereocenters. The van der Waals surface area contributed by atoms with Gasteiger partial charge in [-0.25, -0.2) is 0 Å². The normalized spacial score (nSPS) is 0. The molecule has 3 N–H and O–H groups in total. The van der Waals surface area contributed by atoms with Crippen LogP contribution in [-0.4, -0.2) is 16.4 Å². The van der Waals surface area contributed by atoms with Gasteiger partial charge in [0, 0.05) is 0 Å². The standard InChI is InChI=1S/FH.3H2O.Y/h1H;3*1H2;/q;;;;+3/p-3. The second kappa shape index (κ2) is 90.1. The van der Waals surface area contributed by atoms with Gasteiger partial charge in [0.2, 0.25) is 0 Å². The van der Waals surface area contributed by atoms with Crippen LogP contribution in [0.25, 0.3) is 0 Å². The molecule has 0 saturated carbocycles. The minimum Gasteiger partial charge on any atom is -0.870 e. The molecule has 0 aromatic rings. The molecule has 5 heavy (non-hydrogen) atoms. The molecule has 5 heteroatoms. The molecule has 0 fully saturated rings. The van der Waals surface area contributed by atoms with E-state index in [1.165, 1.54) is 0 Å². The van der Waals surface area contributed by atoms with Gasteiger partial charge in [0.1, 0.15) is 0 Å². The molecule has 0 heterocycles. The number of hydrogen-bond donors (Lipinski definition) is 0. The third kappa shape index (κ3) is 50.0. The fourth-order valence-electron chi connectivity index (χ4n) is 0. The van der Waals surface area contributed by atoms with Gasteiger partial charge in [0.15, 0.2) is 0 Å². The zero-order valence-electron chi connectivity index (χ0n) is 2.33. The van der Waals surface area contributed by atoms with Crippen LogP contribution in [0, 0.1) is 0 Å². The van der Waals surface area contributed by atoms with Gasteiger partial charge < -0.3 is 16.4 Å². The quantitative estimate of drug-likeness (QED) is 0.483. The van der Waals surface area contributed by atoms with Crippen molar-refractivity contribution in [1.82, 2.24) is 0 Å². The molecule has 0 atom stereocenters. The third-order valence-electron chi connectivity index (χ3n) is 0. The maximum absolute atomic E-state index is 0. The summed E-state index contributed by atoms with van der Waals surface area (Å²) in [4.78, 5) is 0. The van der Waals surface area contributed by atoms with Crippen molar-refractivity contribution < 1.29 is 53.8 Å². The van der Waals surface area contributed by atoms with E-state index in [2.05, 4.69) is 0 Å². The summed E-state index contributed by atoms with van der Waals surface area (Å²) < 4.78 is 0. The van der Waals surface area contributed by atoms with Gasteiger partial charge in [-0.2, -0.15) is 0 Å². The Kier molecular flexibility index (Phi) is 3080. The molecule has 0 aromatic carbocycles. The molecular formula is H4FO3Y. The van der Waals surface area contributed by atoms with Crippen LogP contribution in [0.15, 0.2) is 0 Å². The number of hydrogen-bond acceptors (Lipinski definition) is 3. The molecule has 0 aliphatic rings. The van der Waals surface area contributed by atoms with Crippen LogP contribution in [0.4, 0.5) is 4.70 Å². The third-order valence-corrected chi connectivity index (χ3v) is 0. The molecule has 0 saturated heterocycles. The molecule has 0 aliphatic heterocycles. The molecule has 0 spiro atoms. The Bertz CT molecular complexity index is 6.85. The molecule has 0 aromatic heterocycles. The van der Waals surface area contributed by atoms with E-state index in [9.17, 15) is 0 Å². The minimum atomic E-state index is 0. The van der Waals surface area contributed by atoms with Crippen LogP contribution in [0.5, 0.6) is 0 Å². The van der Waals surface area contributed by atoms with Crippen molar-refractivity contribution in [2.24, 2.45) is 0 Å². The summed E-state index contributed by atoms with van der Waals surface area (Å²) in [5, 5.41) is 0. The van der Waals surface area contributed by atoms with E-state index >= 15 is 0 Å². The Morgan fingerprint density at radius 3 is 0.600 bits per heavy atom. The van der Waals surface area contributed by atoms with E-state index in [4.69, 9.17) is 0 Å². The summed E-state index contributed by atoms with van der Waals surface area (Å²) in [6.45, 7) is 0. The van der Waals surface area contributed by atoms with Gasteiger partial charge in [-0.3, -0.25) is 4.70 Å². The fraction of sp³-hybridized carbons (Fsp3) is 0. The van der Waals surface area contributed by atoms with Gasteiger partial charge in [-0.05, 0) is 0 Å². The van der Waals surface area contributed by atoms with Crippen molar-refractivity contribution in [1.29, 1.82) is 0 Å². The van der Waals surface area contributed by atoms with Crippen LogP contribution in [0.3, 0.4) is 0 Å². The predicted molar refractivity (Wildman–Crippen MR) is 8.31 cm³/mol. The Labute approximate surface area is 53.9 Å². The molecule has 0 rings (SSSR count). The van der Waals surface area contributed by atoms with Crippen molar-refractivity contribution in [2.45, 2.75) is 0 Å². The van der Waals surface area contributed by atoms with Gasteiger partial charge in [0.05, 0.1) is 0 Å². The molecular weight excluding hydrogens is 156 g/mol. The monoisotopic (exact) mass is 160 g/mol. The van der Waals surface area contributed by atoms with Crippen LogP contribution in [0.2, 0.25) is 0 Å². The summed E-state index contributed by atoms with van der Waals surface area (Å²) in [5.41, 5.74) is 0. The second-order valence-corrected chi connectivity index (χ2v) is 0. The Balaban J connectivity index is 0. The van der Waals surface area contributed by atoms with Crippen molar-refractivity contribution in [3.05, 3.63) is 0 Å². The summed E-state index contributed by atoms with van der Waals surface area (Å²) in [7, 11) is 0. The Morgan fingerprint density at radius 2 is 0.600 bits per heavy atom. The van der Waals surface area contributed by atoms with Gasteiger partial charge in [0.25, 0.3) is 0 Å². The topological polar surface area (TPSA) is 90.0 Å². The minimum absolute atomic E-state index is 0. The first-order valence-electron chi connectivity index (χ1n) is 0. The molecule has 0 amide bonds. The molecule has 32 valence electrons. The van der Waals surface area contributed by atoms with E-state index in [-0.39, 0.29) is 53.8 Å². The van der Waals surface area contributed by atoms with Gasteiger partial charge in [-0.15, -0.1) is 0 Å². The zero-order chi connectivity index (χ0) is 0. The molecule has 0 radical (unpaired) electrons. The summed E-state index contributed by atoms with van der Waals surface area (Å²) in [6.07, 6.45) is 0. The molecule has 0 bridgehead atoms. The first-order valence-corrected chi connectivity index (χ1v) is 0. The number of halogens is 1. The summed E-state index contributed by atoms with van der Waals surface area (Å²) >= 11 is 0. The maximum atomic E-state index is 0. The molecule has 0 aliphatic carbocycles. The van der Waals surface area contributed by atoms with Crippen molar-refractivity contribution >= 4 is 0 Å². The zero-order valence-corrected chi connectivity index (χ0v) is 5.17. The second-order valence-electron chi connectivity index (χ2n) is 0. The van der Waals surface area contributed by atoms with Crippen LogP contribution >= 0.6 is 0 Å². The summed E-state index contributed by atoms with van der Waals surface area (Å²) in [5.74, 6) is 0. The first kappa shape index (κ1) is 171. The van der Waals surface area contributed by atoms with Gasteiger partial charge >= 0.3 is 32.7 Å². The van der Waals surface area contributed by atoms with E-state index in [1.807, 2.05) is 0 Å². The van der Waals surface area contributed by atoms with Gasteiger partial charge in [-0.1, -0.05) is 0 Å². The average Bonchev–Trinajstić information content (AvgIpc) is 0. The van der Waals surface area contributed by atoms with Crippen LogP contribution < -0.4 is 0 Å². The Morgan fingerprint density at radius 1 is 0.600 bits per heavy atom. The van der Waals surface area contributed by atoms with E-state index in [1.54, 1.807) is 0 Å². The fourth-order valence-corrected chi connectivity index (χ4v) is 0. The van der Waals surface area contributed by atoms with Crippen molar-refractivity contribution in [2.75, 3.05) is 0 Å². The predicted octanol–water partition coefficient (Wildman–Crippen LogP) is -0.380. The van der Waals surface area contributed by atoms with E-state index in [0.717, 1.165) is 0 Å². The van der Waals surface area contributed by atoms with E-state index < -0.39 is 0 Å². The van der Waals surface area contributed by atoms with Crippen LogP contribution in [-0.2, 0) is 32.7 Å². The molecule has 3 nitrogen and oxygen atoms in total. The van der Waals surface area contributed by atoms with Crippen molar-refractivity contribution in [3.8, 4) is 0 Å². The smallest absolute Gasteiger partial charge is 0.870 e. The van der Waals surface area contributed by atoms with E-state index in [0.29, 0.717) is 0 Å². The SMILES string of the molecule is F.[OH-].[OH-].[OH-].[Y+3]. The summed E-state index contributed by atoms with van der Waals surface area (Å²) in [6, 6.07) is 0. The number of rotatable bonds is 0. The van der Waals surface area contributed by atoms with Crippen molar-refractivity contribution in [3.63, 3.8) is 0 Å². The average molecular weight is 160 g/mol. The van der Waals surface area contributed by atoms with Crippen LogP contribution in [0.1, 0.15) is 0 Å². The Hall–Kier alpha value is 0.914. The maximum Gasteiger partial charge on any atom is 3.00 e.